The molecule has 1 saturated heterocycles. The van der Waals surface area contributed by atoms with Crippen molar-refractivity contribution in [2.75, 3.05) is 44.7 Å². The number of aromatic amines is 1. The molecule has 0 aliphatic carbocycles. The second-order valence-corrected chi connectivity index (χ2v) is 7.53. The Hall–Kier alpha value is -3.38. The number of anilines is 1. The van der Waals surface area contributed by atoms with E-state index in [1.807, 2.05) is 18.2 Å². The van der Waals surface area contributed by atoms with E-state index >= 15 is 0 Å². The van der Waals surface area contributed by atoms with Crippen molar-refractivity contribution in [2.45, 2.75) is 0 Å². The van der Waals surface area contributed by atoms with Crippen LogP contribution in [0.5, 0.6) is 5.75 Å². The van der Waals surface area contributed by atoms with Gasteiger partial charge in [-0.25, -0.2) is 9.97 Å². The maximum Gasteiger partial charge on any atom is 0.156 e. The summed E-state index contributed by atoms with van der Waals surface area (Å²) < 4.78 is 5.56. The maximum atomic E-state index is 5.56. The SMILES string of the molecule is COc1cccc2[nH]c3c(N4CCN(CC=Cc5ccccc5)CC4)ncnc3c12. The third-order valence-corrected chi connectivity index (χ3v) is 5.72. The minimum Gasteiger partial charge on any atom is -0.496 e. The van der Waals surface area contributed by atoms with Gasteiger partial charge < -0.3 is 14.6 Å². The van der Waals surface area contributed by atoms with Crippen molar-refractivity contribution in [2.24, 2.45) is 0 Å². The van der Waals surface area contributed by atoms with Crippen molar-refractivity contribution in [1.29, 1.82) is 0 Å². The Kier molecular flexibility index (Phi) is 5.07. The number of benzene rings is 2. The Morgan fingerprint density at radius 3 is 2.63 bits per heavy atom. The zero-order valence-corrected chi connectivity index (χ0v) is 17.1. The molecule has 0 atom stereocenters. The highest BCUT2D eigenvalue weighted by molar-refractivity contribution is 6.11. The number of methoxy groups -OCH3 is 1. The number of hydrogen-bond donors (Lipinski definition) is 1. The number of ether oxygens (including phenoxy) is 1. The van der Waals surface area contributed by atoms with Gasteiger partial charge in [0.25, 0.3) is 0 Å². The molecule has 4 aromatic rings. The van der Waals surface area contributed by atoms with E-state index in [4.69, 9.17) is 4.74 Å². The zero-order chi connectivity index (χ0) is 20.3. The minimum atomic E-state index is 0.832. The predicted octanol–water partition coefficient (Wildman–Crippen LogP) is 3.96. The van der Waals surface area contributed by atoms with Gasteiger partial charge in [-0.3, -0.25) is 4.90 Å². The normalized spacial score (nSPS) is 15.4. The number of rotatable bonds is 5. The van der Waals surface area contributed by atoms with Gasteiger partial charge in [-0.15, -0.1) is 0 Å². The summed E-state index contributed by atoms with van der Waals surface area (Å²) >= 11 is 0. The molecule has 30 heavy (non-hydrogen) atoms. The molecular weight excluding hydrogens is 374 g/mol. The maximum absolute atomic E-state index is 5.56. The fourth-order valence-electron chi connectivity index (χ4n) is 4.15. The molecule has 3 heterocycles. The lowest BCUT2D eigenvalue weighted by atomic mass is 10.2. The first kappa shape index (κ1) is 18.6. The van der Waals surface area contributed by atoms with Crippen LogP contribution in [0.1, 0.15) is 5.56 Å². The van der Waals surface area contributed by atoms with Crippen LogP contribution in [-0.4, -0.2) is 59.7 Å². The van der Waals surface area contributed by atoms with E-state index < -0.39 is 0 Å². The van der Waals surface area contributed by atoms with E-state index in [0.717, 1.165) is 66.2 Å². The Labute approximate surface area is 175 Å². The van der Waals surface area contributed by atoms with Crippen LogP contribution in [-0.2, 0) is 0 Å². The predicted molar refractivity (Wildman–Crippen MR) is 122 cm³/mol. The number of nitrogens with one attached hydrogen (secondary N) is 1. The summed E-state index contributed by atoms with van der Waals surface area (Å²) in [4.78, 5) is 17.5. The molecule has 1 N–H and O–H groups in total. The first-order chi connectivity index (χ1) is 14.8. The molecule has 1 aliphatic rings. The molecule has 0 radical (unpaired) electrons. The van der Waals surface area contributed by atoms with Crippen LogP contribution < -0.4 is 9.64 Å². The van der Waals surface area contributed by atoms with Crippen LogP contribution in [0, 0.1) is 0 Å². The molecule has 152 valence electrons. The van der Waals surface area contributed by atoms with Crippen LogP contribution in [0.15, 0.2) is 60.9 Å². The fourth-order valence-corrected chi connectivity index (χ4v) is 4.15. The smallest absolute Gasteiger partial charge is 0.156 e. The van der Waals surface area contributed by atoms with Gasteiger partial charge in [0.15, 0.2) is 5.82 Å². The standard InChI is InChI=1S/C24H25N5O/c1-30-20-11-5-10-19-21(20)22-23(27-19)24(26-17-25-22)29-15-13-28(14-16-29)12-6-9-18-7-3-2-4-8-18/h2-11,17,27H,12-16H2,1H3. The molecule has 0 spiro atoms. The topological polar surface area (TPSA) is 57.3 Å². The average molecular weight is 399 g/mol. The molecule has 0 amide bonds. The zero-order valence-electron chi connectivity index (χ0n) is 17.1. The van der Waals surface area contributed by atoms with Gasteiger partial charge in [-0.2, -0.15) is 0 Å². The molecule has 6 nitrogen and oxygen atoms in total. The van der Waals surface area contributed by atoms with E-state index in [-0.39, 0.29) is 0 Å². The first-order valence-electron chi connectivity index (χ1n) is 10.3. The Morgan fingerprint density at radius 2 is 1.83 bits per heavy atom. The monoisotopic (exact) mass is 399 g/mol. The van der Waals surface area contributed by atoms with Crippen molar-refractivity contribution >= 4 is 33.8 Å². The second kappa shape index (κ2) is 8.16. The largest absolute Gasteiger partial charge is 0.496 e. The van der Waals surface area contributed by atoms with Crippen molar-refractivity contribution in [3.05, 3.63) is 66.5 Å². The second-order valence-electron chi connectivity index (χ2n) is 7.53. The van der Waals surface area contributed by atoms with Crippen molar-refractivity contribution in [3.63, 3.8) is 0 Å². The Morgan fingerprint density at radius 1 is 1.00 bits per heavy atom. The number of piperazine rings is 1. The molecule has 0 unspecified atom stereocenters. The lowest BCUT2D eigenvalue weighted by Gasteiger charge is -2.34. The van der Waals surface area contributed by atoms with E-state index in [0.29, 0.717) is 0 Å². The number of fused-ring (bicyclic) bond motifs is 3. The van der Waals surface area contributed by atoms with Gasteiger partial charge in [0.2, 0.25) is 0 Å². The summed E-state index contributed by atoms with van der Waals surface area (Å²) in [7, 11) is 1.70. The highest BCUT2D eigenvalue weighted by Gasteiger charge is 2.21. The lowest BCUT2D eigenvalue weighted by molar-refractivity contribution is 0.284. The van der Waals surface area contributed by atoms with E-state index in [1.54, 1.807) is 13.4 Å². The highest BCUT2D eigenvalue weighted by Crippen LogP contribution is 2.34. The molecule has 1 aliphatic heterocycles. The van der Waals surface area contributed by atoms with Gasteiger partial charge in [0, 0.05) is 32.7 Å². The van der Waals surface area contributed by atoms with Crippen molar-refractivity contribution in [1.82, 2.24) is 19.9 Å². The number of hydrogen-bond acceptors (Lipinski definition) is 5. The molecular formula is C24H25N5O. The Balaban J connectivity index is 1.32. The fraction of sp³-hybridized carbons (Fsp3) is 0.250. The van der Waals surface area contributed by atoms with E-state index in [1.165, 1.54) is 5.56 Å². The van der Waals surface area contributed by atoms with Gasteiger partial charge >= 0.3 is 0 Å². The Bertz CT molecular complexity index is 1180. The molecule has 1 fully saturated rings. The number of H-pyrrole nitrogens is 1. The van der Waals surface area contributed by atoms with Crippen LogP contribution in [0.2, 0.25) is 0 Å². The van der Waals surface area contributed by atoms with Gasteiger partial charge in [-0.1, -0.05) is 48.6 Å². The van der Waals surface area contributed by atoms with E-state index in [2.05, 4.69) is 67.2 Å². The van der Waals surface area contributed by atoms with E-state index in [9.17, 15) is 0 Å². The molecule has 0 saturated carbocycles. The van der Waals surface area contributed by atoms with Crippen LogP contribution in [0.4, 0.5) is 5.82 Å². The summed E-state index contributed by atoms with van der Waals surface area (Å²) in [6, 6.07) is 16.5. The third kappa shape index (κ3) is 3.50. The first-order valence-corrected chi connectivity index (χ1v) is 10.3. The summed E-state index contributed by atoms with van der Waals surface area (Å²) in [5, 5.41) is 1.02. The summed E-state index contributed by atoms with van der Waals surface area (Å²) in [5.74, 6) is 1.80. The van der Waals surface area contributed by atoms with Gasteiger partial charge in [0.1, 0.15) is 23.1 Å². The summed E-state index contributed by atoms with van der Waals surface area (Å²) in [6.07, 6.45) is 6.10. The molecule has 2 aromatic carbocycles. The minimum absolute atomic E-state index is 0.832. The third-order valence-electron chi connectivity index (χ3n) is 5.72. The summed E-state index contributed by atoms with van der Waals surface area (Å²) in [5.41, 5.74) is 4.17. The quantitative estimate of drug-likeness (QED) is 0.551. The van der Waals surface area contributed by atoms with Crippen LogP contribution in [0.25, 0.3) is 28.0 Å². The lowest BCUT2D eigenvalue weighted by Crippen LogP contribution is -2.46. The average Bonchev–Trinajstić information content (AvgIpc) is 3.19. The molecule has 0 bridgehead atoms. The summed E-state index contributed by atoms with van der Waals surface area (Å²) in [6.45, 7) is 4.86. The number of nitrogens with zero attached hydrogens (tertiary/aromatic N) is 4. The molecule has 2 aromatic heterocycles. The van der Waals surface area contributed by atoms with Gasteiger partial charge in [0.05, 0.1) is 18.0 Å². The van der Waals surface area contributed by atoms with Crippen molar-refractivity contribution in [3.8, 4) is 5.75 Å². The molecule has 6 heteroatoms. The van der Waals surface area contributed by atoms with Crippen LogP contribution in [0.3, 0.4) is 0 Å². The van der Waals surface area contributed by atoms with Crippen molar-refractivity contribution < 1.29 is 4.74 Å². The number of aromatic nitrogens is 3. The van der Waals surface area contributed by atoms with Gasteiger partial charge in [-0.05, 0) is 17.7 Å². The highest BCUT2D eigenvalue weighted by atomic mass is 16.5. The molecule has 5 rings (SSSR count). The van der Waals surface area contributed by atoms with Crippen LogP contribution >= 0.6 is 0 Å².